The van der Waals surface area contributed by atoms with E-state index in [1.54, 1.807) is 48.5 Å². The Morgan fingerprint density at radius 2 is 1.56 bits per heavy atom. The molecule has 0 aliphatic heterocycles. The zero-order chi connectivity index (χ0) is 20.7. The molecule has 0 saturated carbocycles. The van der Waals surface area contributed by atoms with E-state index in [0.29, 0.717) is 0 Å². The predicted molar refractivity (Wildman–Crippen MR) is 104 cm³/mol. The molecule has 1 atom stereocenters. The lowest BCUT2D eigenvalue weighted by Crippen LogP contribution is -2.36. The average Bonchev–Trinajstić information content (AvgIpc) is 2.48. The fraction of sp³-hybridized carbons (Fsp3) is 0.632. The van der Waals surface area contributed by atoms with Gasteiger partial charge in [0.2, 0.25) is 0 Å². The molecular weight excluding hydrogens is 369 g/mol. The molecule has 154 valence electrons. The minimum absolute atomic E-state index is 0.0517. The van der Waals surface area contributed by atoms with Gasteiger partial charge in [0.1, 0.15) is 6.61 Å². The second-order valence-electron chi connectivity index (χ2n) is 8.26. The summed E-state index contributed by atoms with van der Waals surface area (Å²) in [6, 6.07) is 8.91. The maximum absolute atomic E-state index is 12.9. The smallest absolute Gasteiger partial charge is 0.445 e. The fourth-order valence-electron chi connectivity index (χ4n) is 1.95. The zero-order valence-electron chi connectivity index (χ0n) is 17.3. The highest BCUT2D eigenvalue weighted by molar-refractivity contribution is 7.48. The van der Waals surface area contributed by atoms with Crippen LogP contribution in [0.3, 0.4) is 0 Å². The van der Waals surface area contributed by atoms with Crippen LogP contribution in [0.1, 0.15) is 54.0 Å². The summed E-state index contributed by atoms with van der Waals surface area (Å²) in [4.78, 5) is 11.9. The van der Waals surface area contributed by atoms with Crippen molar-refractivity contribution >= 4 is 13.9 Å². The Labute approximate surface area is 162 Å². The first-order valence-electron chi connectivity index (χ1n) is 8.91. The van der Waals surface area contributed by atoms with Gasteiger partial charge >= 0.3 is 13.9 Å². The first kappa shape index (κ1) is 23.6. The monoisotopic (exact) mass is 401 g/mol. The molecule has 1 aromatic carbocycles. The van der Waals surface area contributed by atoms with Crippen molar-refractivity contribution in [2.75, 3.05) is 6.61 Å². The standard InChI is InChI=1S/C19H32NO6P/c1-15(20-17(21)23-14-16-11-9-8-10-12-16)13-24-27(22,25-18(2,3)4)26-19(5,6)7/h8-12,15H,13-14H2,1-7H3,(H,20,21)/t15-/m1/s1. The second-order valence-corrected chi connectivity index (χ2v) is 9.78. The minimum Gasteiger partial charge on any atom is -0.445 e. The summed E-state index contributed by atoms with van der Waals surface area (Å²) < 4.78 is 34.6. The van der Waals surface area contributed by atoms with Gasteiger partial charge in [-0.2, -0.15) is 0 Å². The number of alkyl carbamates (subject to hydrolysis) is 1. The summed E-state index contributed by atoms with van der Waals surface area (Å²) >= 11 is 0. The number of benzene rings is 1. The molecule has 1 rings (SSSR count). The first-order valence-corrected chi connectivity index (χ1v) is 10.4. The first-order chi connectivity index (χ1) is 12.3. The minimum atomic E-state index is -3.82. The molecule has 1 aromatic rings. The average molecular weight is 401 g/mol. The van der Waals surface area contributed by atoms with E-state index in [-0.39, 0.29) is 13.2 Å². The second kappa shape index (κ2) is 9.69. The molecule has 0 unspecified atom stereocenters. The molecule has 1 amide bonds. The van der Waals surface area contributed by atoms with Gasteiger partial charge in [-0.15, -0.1) is 0 Å². The van der Waals surface area contributed by atoms with Crippen LogP contribution in [0.15, 0.2) is 30.3 Å². The van der Waals surface area contributed by atoms with Gasteiger partial charge in [-0.05, 0) is 54.0 Å². The molecule has 27 heavy (non-hydrogen) atoms. The van der Waals surface area contributed by atoms with E-state index in [1.165, 1.54) is 0 Å². The van der Waals surface area contributed by atoms with Gasteiger partial charge in [-0.25, -0.2) is 9.36 Å². The van der Waals surface area contributed by atoms with Crippen molar-refractivity contribution in [1.29, 1.82) is 0 Å². The largest absolute Gasteiger partial charge is 0.475 e. The summed E-state index contributed by atoms with van der Waals surface area (Å²) in [5.74, 6) is 0. The summed E-state index contributed by atoms with van der Waals surface area (Å²) in [6.45, 7) is 12.4. The summed E-state index contributed by atoms with van der Waals surface area (Å²) in [6.07, 6.45) is -0.585. The number of phosphoric acid groups is 1. The Hall–Kier alpha value is -1.40. The van der Waals surface area contributed by atoms with Crippen LogP contribution >= 0.6 is 7.82 Å². The third-order valence-electron chi connectivity index (χ3n) is 2.83. The van der Waals surface area contributed by atoms with E-state index in [0.717, 1.165) is 5.56 Å². The third kappa shape index (κ3) is 11.1. The van der Waals surface area contributed by atoms with Crippen molar-refractivity contribution in [2.24, 2.45) is 0 Å². The molecule has 0 bridgehead atoms. The topological polar surface area (TPSA) is 83.1 Å². The van der Waals surface area contributed by atoms with Gasteiger partial charge in [0.15, 0.2) is 0 Å². The molecule has 0 aromatic heterocycles. The summed E-state index contributed by atoms with van der Waals surface area (Å²) in [7, 11) is -3.82. The Bertz CT molecular complexity index is 616. The van der Waals surface area contributed by atoms with Crippen molar-refractivity contribution in [3.63, 3.8) is 0 Å². The molecule has 0 heterocycles. The summed E-state index contributed by atoms with van der Waals surface area (Å²) in [5.41, 5.74) is -0.545. The van der Waals surface area contributed by atoms with Gasteiger partial charge in [0.25, 0.3) is 0 Å². The van der Waals surface area contributed by atoms with Crippen molar-refractivity contribution < 1.29 is 27.7 Å². The van der Waals surface area contributed by atoms with Gasteiger partial charge in [-0.3, -0.25) is 13.6 Å². The predicted octanol–water partition coefficient (Wildman–Crippen LogP) is 5.06. The van der Waals surface area contributed by atoms with Crippen molar-refractivity contribution in [3.05, 3.63) is 35.9 Å². The molecule has 0 aliphatic rings. The number of hydrogen-bond acceptors (Lipinski definition) is 6. The zero-order valence-corrected chi connectivity index (χ0v) is 18.2. The van der Waals surface area contributed by atoms with Crippen molar-refractivity contribution in [2.45, 2.75) is 72.3 Å². The number of phosphoric ester groups is 1. The van der Waals surface area contributed by atoms with Crippen LogP contribution in [-0.4, -0.2) is 29.9 Å². The normalized spacial score (nSPS) is 13.9. The molecule has 0 spiro atoms. The SMILES string of the molecule is C[C@H](COP(=O)(OC(C)(C)C)OC(C)(C)C)NC(=O)OCc1ccccc1. The number of carbonyl (C=O) groups excluding carboxylic acids is 1. The van der Waals surface area contributed by atoms with Crippen molar-refractivity contribution in [3.8, 4) is 0 Å². The van der Waals surface area contributed by atoms with Crippen LogP contribution in [0.5, 0.6) is 0 Å². The van der Waals surface area contributed by atoms with Crippen LogP contribution in [0.4, 0.5) is 4.79 Å². The van der Waals surface area contributed by atoms with Crippen LogP contribution in [0, 0.1) is 0 Å². The highest BCUT2D eigenvalue weighted by Gasteiger charge is 2.37. The maximum atomic E-state index is 12.9. The van der Waals surface area contributed by atoms with Crippen LogP contribution in [-0.2, 0) is 29.5 Å². The Morgan fingerprint density at radius 3 is 2.04 bits per heavy atom. The number of ether oxygens (including phenoxy) is 1. The number of carbonyl (C=O) groups is 1. The summed E-state index contributed by atoms with van der Waals surface area (Å²) in [5, 5.41) is 2.63. The van der Waals surface area contributed by atoms with Gasteiger partial charge in [0.05, 0.1) is 23.9 Å². The highest BCUT2D eigenvalue weighted by Crippen LogP contribution is 2.55. The lowest BCUT2D eigenvalue weighted by atomic mass is 10.2. The molecule has 0 saturated heterocycles. The lowest BCUT2D eigenvalue weighted by molar-refractivity contribution is 0.00105. The number of nitrogens with one attached hydrogen (secondary N) is 1. The van der Waals surface area contributed by atoms with E-state index in [9.17, 15) is 9.36 Å². The Morgan fingerprint density at radius 1 is 1.04 bits per heavy atom. The Balaban J connectivity index is 2.53. The number of amides is 1. The maximum Gasteiger partial charge on any atom is 0.475 e. The Kier molecular flexibility index (Phi) is 8.48. The van der Waals surface area contributed by atoms with Gasteiger partial charge in [-0.1, -0.05) is 30.3 Å². The van der Waals surface area contributed by atoms with Gasteiger partial charge < -0.3 is 10.1 Å². The number of rotatable bonds is 8. The van der Waals surface area contributed by atoms with Crippen LogP contribution < -0.4 is 5.32 Å². The quantitative estimate of drug-likeness (QED) is 0.613. The van der Waals surface area contributed by atoms with E-state index in [4.69, 9.17) is 18.3 Å². The van der Waals surface area contributed by atoms with E-state index < -0.39 is 31.2 Å². The van der Waals surface area contributed by atoms with Crippen LogP contribution in [0.2, 0.25) is 0 Å². The molecule has 7 nitrogen and oxygen atoms in total. The molecule has 0 fully saturated rings. The van der Waals surface area contributed by atoms with E-state index in [1.807, 2.05) is 30.3 Å². The molecule has 0 aliphatic carbocycles. The van der Waals surface area contributed by atoms with Gasteiger partial charge in [0, 0.05) is 0 Å². The fourth-order valence-corrected chi connectivity index (χ4v) is 3.84. The molecular formula is C19H32NO6P. The number of hydrogen-bond donors (Lipinski definition) is 1. The molecule has 1 N–H and O–H groups in total. The lowest BCUT2D eigenvalue weighted by Gasteiger charge is -2.31. The van der Waals surface area contributed by atoms with Crippen molar-refractivity contribution in [1.82, 2.24) is 5.32 Å². The molecule has 0 radical (unpaired) electrons. The van der Waals surface area contributed by atoms with Crippen LogP contribution in [0.25, 0.3) is 0 Å². The van der Waals surface area contributed by atoms with E-state index >= 15 is 0 Å². The highest BCUT2D eigenvalue weighted by atomic mass is 31.2. The third-order valence-corrected chi connectivity index (χ3v) is 4.84. The molecule has 8 heteroatoms. The van der Waals surface area contributed by atoms with E-state index in [2.05, 4.69) is 5.32 Å².